The van der Waals surface area contributed by atoms with Gasteiger partial charge >= 0.3 is 0 Å². The number of hydrogen-bond donors (Lipinski definition) is 2. The minimum Gasteiger partial charge on any atom is -0.378 e. The lowest BCUT2D eigenvalue weighted by Crippen LogP contribution is -2.59. The van der Waals surface area contributed by atoms with E-state index >= 15 is 0 Å². The maximum atomic E-state index is 12.3. The molecule has 0 spiro atoms. The zero-order chi connectivity index (χ0) is 13.0. The Morgan fingerprint density at radius 1 is 1.44 bits per heavy atom. The summed E-state index contributed by atoms with van der Waals surface area (Å²) in [5.41, 5.74) is 0.663. The fourth-order valence-corrected chi connectivity index (χ4v) is 2.14. The first kappa shape index (κ1) is 13.1. The third kappa shape index (κ3) is 2.71. The molecule has 1 unspecified atom stereocenters. The largest absolute Gasteiger partial charge is 0.378 e. The van der Waals surface area contributed by atoms with E-state index in [1.165, 1.54) is 0 Å². The van der Waals surface area contributed by atoms with Crippen molar-refractivity contribution in [3.63, 3.8) is 0 Å². The molecule has 1 aromatic carbocycles. The molecule has 1 fully saturated rings. The van der Waals surface area contributed by atoms with Crippen LogP contribution in [0.2, 0.25) is 0 Å². The summed E-state index contributed by atoms with van der Waals surface area (Å²) in [4.78, 5) is 14.1. The third-order valence-corrected chi connectivity index (χ3v) is 3.30. The summed E-state index contributed by atoms with van der Waals surface area (Å²) >= 11 is 0. The van der Waals surface area contributed by atoms with Gasteiger partial charge in [0.05, 0.1) is 6.04 Å². The number of aliphatic hydroxyl groups is 1. The molecule has 1 atom stereocenters. The third-order valence-electron chi connectivity index (χ3n) is 3.30. The van der Waals surface area contributed by atoms with Crippen molar-refractivity contribution in [2.24, 2.45) is 0 Å². The van der Waals surface area contributed by atoms with Gasteiger partial charge in [0.1, 0.15) is 0 Å². The minimum atomic E-state index is -1.04. The van der Waals surface area contributed by atoms with Crippen molar-refractivity contribution in [1.29, 1.82) is 0 Å². The Labute approximate surface area is 108 Å². The highest BCUT2D eigenvalue weighted by Crippen LogP contribution is 2.18. The highest BCUT2D eigenvalue weighted by Gasteiger charge is 2.31. The van der Waals surface area contributed by atoms with Crippen LogP contribution in [-0.2, 0) is 4.79 Å². The molecule has 98 valence electrons. The summed E-state index contributed by atoms with van der Waals surface area (Å²) in [5, 5.41) is 13.3. The molecule has 4 heteroatoms. The van der Waals surface area contributed by atoms with Gasteiger partial charge in [-0.1, -0.05) is 37.3 Å². The predicted molar refractivity (Wildman–Crippen MR) is 70.1 cm³/mol. The molecule has 0 aromatic heterocycles. The van der Waals surface area contributed by atoms with E-state index in [4.69, 9.17) is 0 Å². The van der Waals surface area contributed by atoms with Crippen LogP contribution >= 0.6 is 0 Å². The zero-order valence-corrected chi connectivity index (χ0v) is 10.7. The molecule has 1 heterocycles. The molecule has 1 saturated heterocycles. The van der Waals surface area contributed by atoms with Crippen LogP contribution in [0.15, 0.2) is 30.3 Å². The Balaban J connectivity index is 2.07. The number of aliphatic hydroxyl groups excluding tert-OH is 1. The summed E-state index contributed by atoms with van der Waals surface area (Å²) in [7, 11) is 0. The first-order valence-corrected chi connectivity index (χ1v) is 6.48. The lowest BCUT2D eigenvalue weighted by Gasteiger charge is -2.39. The van der Waals surface area contributed by atoms with Crippen molar-refractivity contribution < 1.29 is 9.90 Å². The molecule has 0 bridgehead atoms. The molecule has 1 amide bonds. The number of amides is 1. The fourth-order valence-electron chi connectivity index (χ4n) is 2.14. The van der Waals surface area contributed by atoms with E-state index in [0.717, 1.165) is 19.5 Å². The molecule has 0 radical (unpaired) electrons. The molecule has 0 saturated carbocycles. The predicted octanol–water partition coefficient (Wildman–Crippen LogP) is 0.930. The first-order chi connectivity index (χ1) is 8.74. The molecule has 4 nitrogen and oxygen atoms in total. The lowest BCUT2D eigenvalue weighted by molar-refractivity contribution is -0.144. The molecule has 1 aromatic rings. The van der Waals surface area contributed by atoms with Gasteiger partial charge in [-0.05, 0) is 12.0 Å². The van der Waals surface area contributed by atoms with E-state index in [9.17, 15) is 9.90 Å². The summed E-state index contributed by atoms with van der Waals surface area (Å²) in [6.07, 6.45) is -0.137. The first-order valence-electron chi connectivity index (χ1n) is 6.48. The van der Waals surface area contributed by atoms with Crippen molar-refractivity contribution in [2.75, 3.05) is 19.6 Å². The molecular weight excluding hydrogens is 228 g/mol. The van der Waals surface area contributed by atoms with Crippen LogP contribution in [0.25, 0.3) is 0 Å². The molecule has 2 N–H and O–H groups in total. The topological polar surface area (TPSA) is 52.6 Å². The average Bonchev–Trinajstić information content (AvgIpc) is 2.35. The van der Waals surface area contributed by atoms with Gasteiger partial charge in [-0.15, -0.1) is 0 Å². The number of nitrogens with one attached hydrogen (secondary N) is 1. The van der Waals surface area contributed by atoms with E-state index in [2.05, 4.69) is 5.32 Å². The lowest BCUT2D eigenvalue weighted by atomic mass is 10.0. The summed E-state index contributed by atoms with van der Waals surface area (Å²) < 4.78 is 0. The minimum absolute atomic E-state index is 0.186. The normalized spacial score (nSPS) is 17.0. The second-order valence-corrected chi connectivity index (χ2v) is 4.66. The number of hydrogen-bond acceptors (Lipinski definition) is 3. The van der Waals surface area contributed by atoms with Crippen LogP contribution in [0, 0.1) is 0 Å². The molecule has 0 aliphatic carbocycles. The number of benzene rings is 1. The van der Waals surface area contributed by atoms with Gasteiger partial charge in [0.15, 0.2) is 6.10 Å². The summed E-state index contributed by atoms with van der Waals surface area (Å²) in [6.45, 7) is 4.40. The van der Waals surface area contributed by atoms with Crippen LogP contribution in [0.5, 0.6) is 0 Å². The summed E-state index contributed by atoms with van der Waals surface area (Å²) in [5.74, 6) is -0.186. The van der Waals surface area contributed by atoms with Crippen molar-refractivity contribution in [3.05, 3.63) is 35.9 Å². The molecule has 1 aliphatic heterocycles. The van der Waals surface area contributed by atoms with Gasteiger partial charge < -0.3 is 15.3 Å². The van der Waals surface area contributed by atoms with Crippen LogP contribution in [0.3, 0.4) is 0 Å². The van der Waals surface area contributed by atoms with Gasteiger partial charge in [-0.25, -0.2) is 0 Å². The number of carbonyl (C=O) groups excluding carboxylic acids is 1. The highest BCUT2D eigenvalue weighted by atomic mass is 16.3. The van der Waals surface area contributed by atoms with Crippen LogP contribution < -0.4 is 5.32 Å². The van der Waals surface area contributed by atoms with E-state index in [0.29, 0.717) is 12.1 Å². The van der Waals surface area contributed by atoms with Crippen molar-refractivity contribution in [1.82, 2.24) is 10.2 Å². The van der Waals surface area contributed by atoms with Crippen molar-refractivity contribution in [3.8, 4) is 0 Å². The Bertz CT molecular complexity index is 390. The monoisotopic (exact) mass is 248 g/mol. The number of nitrogens with zero attached hydrogens (tertiary/aromatic N) is 1. The van der Waals surface area contributed by atoms with Crippen LogP contribution in [0.1, 0.15) is 25.0 Å². The Hall–Kier alpha value is -1.39. The zero-order valence-electron chi connectivity index (χ0n) is 10.7. The molecule has 1 aliphatic rings. The van der Waals surface area contributed by atoms with Crippen molar-refractivity contribution in [2.45, 2.75) is 25.5 Å². The maximum Gasteiger partial charge on any atom is 0.256 e. The summed E-state index contributed by atoms with van der Waals surface area (Å²) in [6, 6.07) is 9.34. The van der Waals surface area contributed by atoms with E-state index < -0.39 is 6.10 Å². The Morgan fingerprint density at radius 3 is 2.61 bits per heavy atom. The quantitative estimate of drug-likeness (QED) is 0.815. The second kappa shape index (κ2) is 5.98. The highest BCUT2D eigenvalue weighted by molar-refractivity contribution is 5.82. The van der Waals surface area contributed by atoms with Crippen LogP contribution in [-0.4, -0.2) is 41.6 Å². The smallest absolute Gasteiger partial charge is 0.256 e. The van der Waals surface area contributed by atoms with Gasteiger partial charge in [-0.2, -0.15) is 0 Å². The molecular formula is C14H20N2O2. The Morgan fingerprint density at radius 2 is 2.11 bits per heavy atom. The van der Waals surface area contributed by atoms with Gasteiger partial charge in [0, 0.05) is 19.6 Å². The van der Waals surface area contributed by atoms with E-state index in [1.54, 1.807) is 17.0 Å². The van der Waals surface area contributed by atoms with E-state index in [1.807, 2.05) is 25.1 Å². The standard InChI is InChI=1S/C14H20N2O2/c1-2-8-16(12-9-15-10-12)14(18)13(17)11-6-4-3-5-7-11/h3-7,12-13,15,17H,2,8-10H2,1H3. The maximum absolute atomic E-state index is 12.3. The van der Waals surface area contributed by atoms with Gasteiger partial charge in [0.25, 0.3) is 5.91 Å². The molecule has 18 heavy (non-hydrogen) atoms. The van der Waals surface area contributed by atoms with Gasteiger partial charge in [0.2, 0.25) is 0 Å². The average molecular weight is 248 g/mol. The van der Waals surface area contributed by atoms with Crippen LogP contribution in [0.4, 0.5) is 0 Å². The van der Waals surface area contributed by atoms with E-state index in [-0.39, 0.29) is 11.9 Å². The molecule has 2 rings (SSSR count). The fraction of sp³-hybridized carbons (Fsp3) is 0.500. The van der Waals surface area contributed by atoms with Gasteiger partial charge in [-0.3, -0.25) is 4.79 Å². The SMILES string of the molecule is CCCN(C(=O)C(O)c1ccccc1)C1CNC1. The van der Waals surface area contributed by atoms with Crippen molar-refractivity contribution >= 4 is 5.91 Å². The second-order valence-electron chi connectivity index (χ2n) is 4.66. The number of carbonyl (C=O) groups is 1. The number of rotatable bonds is 5. The Kier molecular flexibility index (Phi) is 4.33.